The Labute approximate surface area is 104 Å². The standard InChI is InChI=1S/C12H12N2O2S/c1-14(2)12-13-11(16)10(17-12)7-8-5-3-4-6-9(8)15/h3-7,15H,1-2H3/b10-7+. The molecule has 1 aliphatic rings. The number of hydrogen-bond acceptors (Lipinski definition) is 4. The van der Waals surface area contributed by atoms with Crippen LogP contribution in [0.15, 0.2) is 34.2 Å². The van der Waals surface area contributed by atoms with Crippen molar-refractivity contribution in [1.82, 2.24) is 4.90 Å². The zero-order valence-corrected chi connectivity index (χ0v) is 10.4. The molecule has 0 atom stereocenters. The number of carbonyl (C=O) groups excluding carboxylic acids is 1. The van der Waals surface area contributed by atoms with Crippen LogP contribution in [0.2, 0.25) is 0 Å². The van der Waals surface area contributed by atoms with Crippen LogP contribution in [0.3, 0.4) is 0 Å². The van der Waals surface area contributed by atoms with Crippen molar-refractivity contribution >= 4 is 28.9 Å². The highest BCUT2D eigenvalue weighted by molar-refractivity contribution is 8.18. The number of carbonyl (C=O) groups is 1. The van der Waals surface area contributed by atoms with Gasteiger partial charge in [0.25, 0.3) is 5.91 Å². The third-order valence-electron chi connectivity index (χ3n) is 2.22. The highest BCUT2D eigenvalue weighted by atomic mass is 32.2. The van der Waals surface area contributed by atoms with Gasteiger partial charge in [0, 0.05) is 19.7 Å². The number of nitrogens with zero attached hydrogens (tertiary/aromatic N) is 2. The Morgan fingerprint density at radius 2 is 2.06 bits per heavy atom. The van der Waals surface area contributed by atoms with Crippen LogP contribution in [0.25, 0.3) is 6.08 Å². The van der Waals surface area contributed by atoms with Gasteiger partial charge in [0.05, 0.1) is 4.91 Å². The number of phenolic OH excluding ortho intramolecular Hbond substituents is 1. The predicted molar refractivity (Wildman–Crippen MR) is 69.8 cm³/mol. The average molecular weight is 248 g/mol. The van der Waals surface area contributed by atoms with E-state index < -0.39 is 0 Å². The van der Waals surface area contributed by atoms with Crippen molar-refractivity contribution < 1.29 is 9.90 Å². The molecular formula is C12H12N2O2S. The summed E-state index contributed by atoms with van der Waals surface area (Å²) in [7, 11) is 3.67. The molecule has 1 amide bonds. The van der Waals surface area contributed by atoms with Gasteiger partial charge in [-0.15, -0.1) is 0 Å². The smallest absolute Gasteiger partial charge is 0.286 e. The SMILES string of the molecule is CN(C)C1=NC(=O)/C(=C\c2ccccc2O)S1. The summed E-state index contributed by atoms with van der Waals surface area (Å²) in [5.41, 5.74) is 0.624. The summed E-state index contributed by atoms with van der Waals surface area (Å²) >= 11 is 1.31. The van der Waals surface area contributed by atoms with Gasteiger partial charge in [0.1, 0.15) is 5.75 Å². The van der Waals surface area contributed by atoms with Crippen LogP contribution in [0.1, 0.15) is 5.56 Å². The number of benzene rings is 1. The molecule has 4 nitrogen and oxygen atoms in total. The minimum Gasteiger partial charge on any atom is -0.507 e. The fraction of sp³-hybridized carbons (Fsp3) is 0.167. The first-order valence-electron chi connectivity index (χ1n) is 5.06. The molecule has 5 heteroatoms. The molecule has 17 heavy (non-hydrogen) atoms. The monoisotopic (exact) mass is 248 g/mol. The third kappa shape index (κ3) is 2.50. The van der Waals surface area contributed by atoms with Crippen LogP contribution in [0.5, 0.6) is 5.75 Å². The van der Waals surface area contributed by atoms with E-state index in [9.17, 15) is 9.90 Å². The molecular weight excluding hydrogens is 236 g/mol. The molecule has 0 aromatic heterocycles. The van der Waals surface area contributed by atoms with E-state index in [4.69, 9.17) is 0 Å². The molecule has 0 bridgehead atoms. The van der Waals surface area contributed by atoms with Crippen LogP contribution >= 0.6 is 11.8 Å². The Morgan fingerprint density at radius 1 is 1.35 bits per heavy atom. The maximum Gasteiger partial charge on any atom is 0.286 e. The lowest BCUT2D eigenvalue weighted by molar-refractivity contribution is -0.113. The van der Waals surface area contributed by atoms with Crippen LogP contribution in [0.4, 0.5) is 0 Å². The first-order valence-corrected chi connectivity index (χ1v) is 5.87. The van der Waals surface area contributed by atoms with E-state index in [1.807, 2.05) is 20.2 Å². The first kappa shape index (κ1) is 11.7. The summed E-state index contributed by atoms with van der Waals surface area (Å²) in [6, 6.07) is 6.89. The van der Waals surface area contributed by atoms with Crippen molar-refractivity contribution in [1.29, 1.82) is 0 Å². The molecule has 88 valence electrons. The minimum atomic E-state index is -0.262. The van der Waals surface area contributed by atoms with E-state index in [0.717, 1.165) is 0 Å². The number of para-hydroxylation sites is 1. The van der Waals surface area contributed by atoms with E-state index in [2.05, 4.69) is 4.99 Å². The molecule has 0 radical (unpaired) electrons. The number of amidine groups is 1. The molecule has 0 fully saturated rings. The second-order valence-corrected chi connectivity index (χ2v) is 4.77. The number of phenols is 1. The van der Waals surface area contributed by atoms with E-state index >= 15 is 0 Å². The molecule has 1 heterocycles. The number of aromatic hydroxyl groups is 1. The molecule has 1 aromatic carbocycles. The summed E-state index contributed by atoms with van der Waals surface area (Å²) in [5.74, 6) is -0.103. The number of thioether (sulfide) groups is 1. The lowest BCUT2D eigenvalue weighted by Gasteiger charge is -2.08. The summed E-state index contributed by atoms with van der Waals surface area (Å²) in [6.45, 7) is 0. The van der Waals surface area contributed by atoms with Crippen molar-refractivity contribution in [2.75, 3.05) is 14.1 Å². The fourth-order valence-electron chi connectivity index (χ4n) is 1.34. The molecule has 0 spiro atoms. The van der Waals surface area contributed by atoms with E-state index in [1.165, 1.54) is 11.8 Å². The maximum absolute atomic E-state index is 11.6. The second-order valence-electron chi connectivity index (χ2n) is 3.76. The van der Waals surface area contributed by atoms with Gasteiger partial charge >= 0.3 is 0 Å². The molecule has 1 aromatic rings. The summed E-state index contributed by atoms with van der Waals surface area (Å²) < 4.78 is 0. The van der Waals surface area contributed by atoms with Gasteiger partial charge in [-0.2, -0.15) is 4.99 Å². The van der Waals surface area contributed by atoms with Crippen LogP contribution in [-0.4, -0.2) is 35.2 Å². The van der Waals surface area contributed by atoms with Gasteiger partial charge < -0.3 is 10.0 Å². The van der Waals surface area contributed by atoms with Crippen LogP contribution < -0.4 is 0 Å². The number of amides is 1. The van der Waals surface area contributed by atoms with Gasteiger partial charge in [-0.05, 0) is 23.9 Å². The summed E-state index contributed by atoms with van der Waals surface area (Å²) in [6.07, 6.45) is 1.66. The van der Waals surface area contributed by atoms with Crippen molar-refractivity contribution in [2.45, 2.75) is 0 Å². The van der Waals surface area contributed by atoms with Gasteiger partial charge in [0.15, 0.2) is 5.17 Å². The second kappa shape index (κ2) is 4.63. The zero-order chi connectivity index (χ0) is 12.4. The summed E-state index contributed by atoms with van der Waals surface area (Å²) in [4.78, 5) is 17.8. The molecule has 0 saturated heterocycles. The van der Waals surface area contributed by atoms with E-state index in [1.54, 1.807) is 29.2 Å². The fourth-order valence-corrected chi connectivity index (χ4v) is 2.17. The number of aliphatic imine (C=N–C) groups is 1. The Balaban J connectivity index is 2.27. The van der Waals surface area contributed by atoms with Gasteiger partial charge in [0.2, 0.25) is 0 Å². The quantitative estimate of drug-likeness (QED) is 0.771. The Morgan fingerprint density at radius 3 is 2.65 bits per heavy atom. The molecule has 2 rings (SSSR count). The Kier molecular flexibility index (Phi) is 3.19. The zero-order valence-electron chi connectivity index (χ0n) is 9.54. The van der Waals surface area contributed by atoms with Crippen molar-refractivity contribution in [3.05, 3.63) is 34.7 Å². The Hall–Kier alpha value is -1.75. The third-order valence-corrected chi connectivity index (χ3v) is 3.37. The number of hydrogen-bond donors (Lipinski definition) is 1. The molecule has 0 aliphatic carbocycles. The highest BCUT2D eigenvalue weighted by Crippen LogP contribution is 2.31. The van der Waals surface area contributed by atoms with Gasteiger partial charge in [-0.1, -0.05) is 18.2 Å². The predicted octanol–water partition coefficient (Wildman–Crippen LogP) is 1.92. The molecule has 0 unspecified atom stereocenters. The van der Waals surface area contributed by atoms with Crippen molar-refractivity contribution in [3.63, 3.8) is 0 Å². The molecule has 0 saturated carbocycles. The van der Waals surface area contributed by atoms with Crippen LogP contribution in [-0.2, 0) is 4.79 Å². The number of rotatable bonds is 1. The van der Waals surface area contributed by atoms with Crippen molar-refractivity contribution in [3.8, 4) is 5.75 Å². The average Bonchev–Trinajstić information content (AvgIpc) is 2.64. The van der Waals surface area contributed by atoms with E-state index in [-0.39, 0.29) is 11.7 Å². The normalized spacial score (nSPS) is 17.4. The Bertz CT molecular complexity index is 521. The van der Waals surface area contributed by atoms with Crippen molar-refractivity contribution in [2.24, 2.45) is 4.99 Å². The molecule has 1 N–H and O–H groups in total. The molecule has 1 aliphatic heterocycles. The van der Waals surface area contributed by atoms with E-state index in [0.29, 0.717) is 15.6 Å². The van der Waals surface area contributed by atoms with Crippen LogP contribution in [0, 0.1) is 0 Å². The lowest BCUT2D eigenvalue weighted by atomic mass is 10.2. The lowest BCUT2D eigenvalue weighted by Crippen LogP contribution is -2.16. The maximum atomic E-state index is 11.6. The summed E-state index contributed by atoms with van der Waals surface area (Å²) in [5, 5.41) is 10.3. The topological polar surface area (TPSA) is 52.9 Å². The highest BCUT2D eigenvalue weighted by Gasteiger charge is 2.23. The first-order chi connectivity index (χ1) is 8.08. The minimum absolute atomic E-state index is 0.159. The largest absolute Gasteiger partial charge is 0.507 e. The van der Waals surface area contributed by atoms with Gasteiger partial charge in [-0.25, -0.2) is 0 Å². The van der Waals surface area contributed by atoms with Gasteiger partial charge in [-0.3, -0.25) is 4.79 Å².